The van der Waals surface area contributed by atoms with Crippen molar-refractivity contribution in [3.05, 3.63) is 59.9 Å². The first-order valence-corrected chi connectivity index (χ1v) is 9.69. The molecule has 2 aliphatic heterocycles. The summed E-state index contributed by atoms with van der Waals surface area (Å²) < 4.78 is 42.1. The number of benzene rings is 2. The van der Waals surface area contributed by atoms with Crippen LogP contribution in [0.4, 0.5) is 10.1 Å². The van der Waals surface area contributed by atoms with Crippen LogP contribution >= 0.6 is 0 Å². The van der Waals surface area contributed by atoms with E-state index in [-0.39, 0.29) is 16.8 Å². The van der Waals surface area contributed by atoms with E-state index in [1.54, 1.807) is 36.4 Å². The lowest BCUT2D eigenvalue weighted by Crippen LogP contribution is -2.42. The Labute approximate surface area is 146 Å². The fourth-order valence-electron chi connectivity index (χ4n) is 3.35. The van der Waals surface area contributed by atoms with Gasteiger partial charge in [0, 0.05) is 24.7 Å². The van der Waals surface area contributed by atoms with Gasteiger partial charge in [-0.05, 0) is 37.1 Å². The van der Waals surface area contributed by atoms with E-state index in [0.717, 1.165) is 12.8 Å². The minimum atomic E-state index is -3.59. The van der Waals surface area contributed by atoms with Gasteiger partial charge in [-0.15, -0.1) is 4.40 Å². The standard InChI is InChI=1S/C18H18FN3O2S/c19-15-6-2-3-7-16(15)20-13-9-11-22(12-10-13)18-14-5-1-4-8-17(14)25(23,24)21-18/h1-8,13,20H,9-12H2. The highest BCUT2D eigenvalue weighted by Gasteiger charge is 2.33. The second-order valence-corrected chi connectivity index (χ2v) is 7.84. The maximum Gasteiger partial charge on any atom is 0.285 e. The average Bonchev–Trinajstić information content (AvgIpc) is 2.90. The maximum absolute atomic E-state index is 13.8. The zero-order chi connectivity index (χ0) is 17.4. The van der Waals surface area contributed by atoms with Gasteiger partial charge in [0.25, 0.3) is 10.0 Å². The van der Waals surface area contributed by atoms with Gasteiger partial charge in [-0.25, -0.2) is 4.39 Å². The summed E-state index contributed by atoms with van der Waals surface area (Å²) >= 11 is 0. The summed E-state index contributed by atoms with van der Waals surface area (Å²) in [5.74, 6) is 0.269. The molecule has 1 fully saturated rings. The van der Waals surface area contributed by atoms with Crippen molar-refractivity contribution >= 4 is 21.5 Å². The van der Waals surface area contributed by atoms with Crippen LogP contribution in [-0.2, 0) is 10.0 Å². The molecule has 0 bridgehead atoms. The number of para-hydroxylation sites is 1. The molecular formula is C18H18FN3O2S. The van der Waals surface area contributed by atoms with Crippen molar-refractivity contribution < 1.29 is 12.8 Å². The Kier molecular flexibility index (Phi) is 3.95. The molecule has 1 saturated heterocycles. The lowest BCUT2D eigenvalue weighted by Gasteiger charge is -2.34. The molecule has 4 rings (SSSR count). The van der Waals surface area contributed by atoms with Gasteiger partial charge in [0.05, 0.1) is 5.69 Å². The number of amidine groups is 1. The Morgan fingerprint density at radius 2 is 1.72 bits per heavy atom. The molecule has 25 heavy (non-hydrogen) atoms. The van der Waals surface area contributed by atoms with Crippen LogP contribution in [-0.4, -0.2) is 38.3 Å². The summed E-state index contributed by atoms with van der Waals surface area (Å²) in [4.78, 5) is 2.28. The molecule has 0 spiro atoms. The van der Waals surface area contributed by atoms with Crippen molar-refractivity contribution in [3.63, 3.8) is 0 Å². The van der Waals surface area contributed by atoms with Crippen LogP contribution in [0.3, 0.4) is 0 Å². The molecule has 0 atom stereocenters. The van der Waals surface area contributed by atoms with E-state index < -0.39 is 10.0 Å². The molecule has 0 aliphatic carbocycles. The van der Waals surface area contributed by atoms with Gasteiger partial charge >= 0.3 is 0 Å². The van der Waals surface area contributed by atoms with Crippen LogP contribution in [0, 0.1) is 5.82 Å². The summed E-state index contributed by atoms with van der Waals surface area (Å²) in [5, 5.41) is 3.24. The molecule has 5 nitrogen and oxygen atoms in total. The molecule has 2 heterocycles. The Hall–Kier alpha value is -2.41. The number of sulfonamides is 1. The van der Waals surface area contributed by atoms with Crippen LogP contribution in [0.15, 0.2) is 57.8 Å². The second-order valence-electron chi connectivity index (χ2n) is 6.27. The summed E-state index contributed by atoms with van der Waals surface area (Å²) in [6.07, 6.45) is 1.57. The van der Waals surface area contributed by atoms with Crippen LogP contribution < -0.4 is 5.32 Å². The SMILES string of the molecule is O=S1(=O)N=C(N2CCC(Nc3ccccc3F)CC2)c2ccccc21. The van der Waals surface area contributed by atoms with Gasteiger partial charge in [0.1, 0.15) is 10.7 Å². The van der Waals surface area contributed by atoms with E-state index in [9.17, 15) is 12.8 Å². The first-order chi connectivity index (χ1) is 12.0. The number of likely N-dealkylation sites (tertiary alicyclic amines) is 1. The van der Waals surface area contributed by atoms with Gasteiger partial charge in [0.15, 0.2) is 5.84 Å². The lowest BCUT2D eigenvalue weighted by atomic mass is 10.0. The number of hydrogen-bond donors (Lipinski definition) is 1. The highest BCUT2D eigenvalue weighted by molar-refractivity contribution is 7.90. The van der Waals surface area contributed by atoms with Crippen molar-refractivity contribution in [1.82, 2.24) is 4.90 Å². The van der Waals surface area contributed by atoms with Crippen molar-refractivity contribution in [2.75, 3.05) is 18.4 Å². The molecule has 7 heteroatoms. The third-order valence-corrected chi connectivity index (χ3v) is 5.97. The minimum absolute atomic E-state index is 0.155. The quantitative estimate of drug-likeness (QED) is 0.896. The van der Waals surface area contributed by atoms with E-state index in [2.05, 4.69) is 9.71 Å². The predicted octanol–water partition coefficient (Wildman–Crippen LogP) is 2.85. The van der Waals surface area contributed by atoms with E-state index in [4.69, 9.17) is 0 Å². The van der Waals surface area contributed by atoms with Gasteiger partial charge in [0.2, 0.25) is 0 Å². The number of hydrogen-bond acceptors (Lipinski definition) is 4. The lowest BCUT2D eigenvalue weighted by molar-refractivity contribution is 0.324. The number of anilines is 1. The summed E-state index contributed by atoms with van der Waals surface area (Å²) in [6, 6.07) is 13.7. The van der Waals surface area contributed by atoms with Gasteiger partial charge in [-0.2, -0.15) is 8.42 Å². The Bertz CT molecular complexity index is 935. The first kappa shape index (κ1) is 16.1. The molecule has 130 valence electrons. The van der Waals surface area contributed by atoms with Crippen LogP contribution in [0.2, 0.25) is 0 Å². The number of piperidine rings is 1. The molecule has 1 N–H and O–H groups in total. The third-order valence-electron chi connectivity index (χ3n) is 4.64. The molecule has 0 saturated carbocycles. The highest BCUT2D eigenvalue weighted by atomic mass is 32.2. The fourth-order valence-corrected chi connectivity index (χ4v) is 4.58. The average molecular weight is 359 g/mol. The number of halogens is 1. The summed E-state index contributed by atoms with van der Waals surface area (Å²) in [6.45, 7) is 1.35. The smallest absolute Gasteiger partial charge is 0.285 e. The Morgan fingerprint density at radius 1 is 1.04 bits per heavy atom. The zero-order valence-electron chi connectivity index (χ0n) is 13.5. The van der Waals surface area contributed by atoms with Gasteiger partial charge in [-0.3, -0.25) is 0 Å². The van der Waals surface area contributed by atoms with Crippen LogP contribution in [0.25, 0.3) is 0 Å². The Morgan fingerprint density at radius 3 is 2.48 bits per heavy atom. The number of rotatable bonds is 2. The molecule has 0 unspecified atom stereocenters. The molecule has 0 aromatic heterocycles. The predicted molar refractivity (Wildman–Crippen MR) is 94.8 cm³/mol. The highest BCUT2D eigenvalue weighted by Crippen LogP contribution is 2.29. The zero-order valence-corrected chi connectivity index (χ0v) is 14.3. The fraction of sp³-hybridized carbons (Fsp3) is 0.278. The topological polar surface area (TPSA) is 61.8 Å². The second kappa shape index (κ2) is 6.15. The van der Waals surface area contributed by atoms with E-state index in [1.807, 2.05) is 11.0 Å². The van der Waals surface area contributed by atoms with Crippen molar-refractivity contribution in [3.8, 4) is 0 Å². The monoisotopic (exact) mass is 359 g/mol. The number of nitrogens with zero attached hydrogens (tertiary/aromatic N) is 2. The molecule has 0 radical (unpaired) electrons. The number of fused-ring (bicyclic) bond motifs is 1. The molecular weight excluding hydrogens is 341 g/mol. The van der Waals surface area contributed by atoms with E-state index >= 15 is 0 Å². The van der Waals surface area contributed by atoms with Gasteiger partial charge < -0.3 is 10.2 Å². The Balaban J connectivity index is 1.47. The minimum Gasteiger partial charge on any atom is -0.380 e. The summed E-state index contributed by atoms with van der Waals surface area (Å²) in [5.41, 5.74) is 1.18. The number of nitrogens with one attached hydrogen (secondary N) is 1. The van der Waals surface area contributed by atoms with Crippen LogP contribution in [0.5, 0.6) is 0 Å². The van der Waals surface area contributed by atoms with Gasteiger partial charge in [-0.1, -0.05) is 24.3 Å². The summed E-state index contributed by atoms with van der Waals surface area (Å²) in [7, 11) is -3.59. The van der Waals surface area contributed by atoms with Crippen molar-refractivity contribution in [2.45, 2.75) is 23.8 Å². The third kappa shape index (κ3) is 3.00. The van der Waals surface area contributed by atoms with Crippen molar-refractivity contribution in [1.29, 1.82) is 0 Å². The first-order valence-electron chi connectivity index (χ1n) is 8.25. The normalized spacial score (nSPS) is 19.4. The largest absolute Gasteiger partial charge is 0.380 e. The molecule has 0 amide bonds. The molecule has 2 aromatic carbocycles. The van der Waals surface area contributed by atoms with Crippen molar-refractivity contribution in [2.24, 2.45) is 4.40 Å². The molecule has 2 aliphatic rings. The van der Waals surface area contributed by atoms with Crippen LogP contribution in [0.1, 0.15) is 18.4 Å². The van der Waals surface area contributed by atoms with E-state index in [0.29, 0.717) is 30.2 Å². The van der Waals surface area contributed by atoms with E-state index in [1.165, 1.54) is 6.07 Å². The maximum atomic E-state index is 13.8. The molecule has 2 aromatic rings.